The van der Waals surface area contributed by atoms with Gasteiger partial charge in [0.15, 0.2) is 5.69 Å². The van der Waals surface area contributed by atoms with E-state index in [2.05, 4.69) is 15.5 Å². The number of benzene rings is 1. The number of carbonyl (C=O) groups excluding carboxylic acids is 3. The molecule has 3 amide bonds. The van der Waals surface area contributed by atoms with E-state index in [-0.39, 0.29) is 12.2 Å². The minimum Gasteiger partial charge on any atom is -0.316 e. The predicted octanol–water partition coefficient (Wildman–Crippen LogP) is 0.0500. The number of nitrogens with one attached hydrogen (secondary N) is 2. The SMILES string of the molecule is CC1C(=O)NC(=O)CN1C(=O)c1n[nH]c2ccccc12. The summed E-state index contributed by atoms with van der Waals surface area (Å²) >= 11 is 0. The monoisotopic (exact) mass is 272 g/mol. The first-order valence-electron chi connectivity index (χ1n) is 6.15. The molecule has 1 atom stereocenters. The molecule has 7 heteroatoms. The predicted molar refractivity (Wildman–Crippen MR) is 69.7 cm³/mol. The molecule has 3 rings (SSSR count). The standard InChI is InChI=1S/C13H12N4O3/c1-7-12(19)14-10(18)6-17(7)13(20)11-8-4-2-3-5-9(8)15-16-11/h2-5,7H,6H2,1H3,(H,15,16)(H,14,18,19). The van der Waals surface area contributed by atoms with E-state index in [1.165, 1.54) is 4.90 Å². The van der Waals surface area contributed by atoms with Gasteiger partial charge in [0.2, 0.25) is 11.8 Å². The van der Waals surface area contributed by atoms with Crippen LogP contribution in [0, 0.1) is 0 Å². The fourth-order valence-corrected chi connectivity index (χ4v) is 2.22. The first-order chi connectivity index (χ1) is 9.58. The van der Waals surface area contributed by atoms with Gasteiger partial charge in [0.25, 0.3) is 5.91 Å². The zero-order valence-corrected chi connectivity index (χ0v) is 10.7. The lowest BCUT2D eigenvalue weighted by Gasteiger charge is -2.31. The average molecular weight is 272 g/mol. The van der Waals surface area contributed by atoms with Crippen LogP contribution in [0.1, 0.15) is 17.4 Å². The van der Waals surface area contributed by atoms with Gasteiger partial charge in [-0.2, -0.15) is 5.10 Å². The summed E-state index contributed by atoms with van der Waals surface area (Å²) in [6, 6.07) is 6.50. The zero-order chi connectivity index (χ0) is 14.3. The van der Waals surface area contributed by atoms with Crippen molar-refractivity contribution in [2.24, 2.45) is 0 Å². The molecule has 1 unspecified atom stereocenters. The van der Waals surface area contributed by atoms with E-state index >= 15 is 0 Å². The van der Waals surface area contributed by atoms with Crippen LogP contribution in [-0.4, -0.2) is 45.4 Å². The van der Waals surface area contributed by atoms with Crippen LogP contribution >= 0.6 is 0 Å². The smallest absolute Gasteiger partial charge is 0.276 e. The number of aromatic amines is 1. The summed E-state index contributed by atoms with van der Waals surface area (Å²) in [5.74, 6) is -1.39. The van der Waals surface area contributed by atoms with Gasteiger partial charge in [-0.05, 0) is 13.0 Å². The maximum atomic E-state index is 12.5. The number of fused-ring (bicyclic) bond motifs is 1. The topological polar surface area (TPSA) is 95.2 Å². The quantitative estimate of drug-likeness (QED) is 0.717. The molecule has 2 aromatic rings. The number of piperazine rings is 1. The molecule has 1 aromatic heterocycles. The second kappa shape index (κ2) is 4.44. The van der Waals surface area contributed by atoms with E-state index in [1.54, 1.807) is 25.1 Å². The molecule has 2 N–H and O–H groups in total. The fraction of sp³-hybridized carbons (Fsp3) is 0.231. The second-order valence-corrected chi connectivity index (χ2v) is 4.64. The zero-order valence-electron chi connectivity index (χ0n) is 10.7. The Morgan fingerprint density at radius 3 is 2.90 bits per heavy atom. The molecular formula is C13H12N4O3. The molecule has 1 fully saturated rings. The highest BCUT2D eigenvalue weighted by Crippen LogP contribution is 2.18. The molecule has 1 aromatic carbocycles. The van der Waals surface area contributed by atoms with Crippen molar-refractivity contribution in [1.82, 2.24) is 20.4 Å². The Hall–Kier alpha value is -2.70. The van der Waals surface area contributed by atoms with Gasteiger partial charge in [-0.3, -0.25) is 24.8 Å². The van der Waals surface area contributed by atoms with Gasteiger partial charge < -0.3 is 4.90 Å². The molecule has 0 bridgehead atoms. The van der Waals surface area contributed by atoms with E-state index in [1.807, 2.05) is 6.07 Å². The van der Waals surface area contributed by atoms with E-state index in [4.69, 9.17) is 0 Å². The number of hydrogen-bond donors (Lipinski definition) is 2. The van der Waals surface area contributed by atoms with Crippen LogP contribution in [-0.2, 0) is 9.59 Å². The Balaban J connectivity index is 1.99. The second-order valence-electron chi connectivity index (χ2n) is 4.64. The summed E-state index contributed by atoms with van der Waals surface area (Å²) in [5.41, 5.74) is 0.950. The molecule has 0 radical (unpaired) electrons. The molecule has 1 aliphatic heterocycles. The van der Waals surface area contributed by atoms with Gasteiger partial charge >= 0.3 is 0 Å². The minimum absolute atomic E-state index is 0.146. The van der Waals surface area contributed by atoms with Crippen LogP contribution < -0.4 is 5.32 Å². The molecule has 2 heterocycles. The summed E-state index contributed by atoms with van der Waals surface area (Å²) < 4.78 is 0. The summed E-state index contributed by atoms with van der Waals surface area (Å²) in [5, 5.41) is 9.62. The van der Waals surface area contributed by atoms with Crippen molar-refractivity contribution >= 4 is 28.6 Å². The van der Waals surface area contributed by atoms with Crippen LogP contribution in [0.5, 0.6) is 0 Å². The molecule has 7 nitrogen and oxygen atoms in total. The lowest BCUT2D eigenvalue weighted by atomic mass is 10.1. The molecular weight excluding hydrogens is 260 g/mol. The van der Waals surface area contributed by atoms with Gasteiger partial charge in [-0.1, -0.05) is 18.2 Å². The number of H-pyrrole nitrogens is 1. The molecule has 20 heavy (non-hydrogen) atoms. The summed E-state index contributed by atoms with van der Waals surface area (Å²) in [7, 11) is 0. The van der Waals surface area contributed by atoms with Gasteiger partial charge in [0.05, 0.1) is 5.52 Å². The minimum atomic E-state index is -0.698. The lowest BCUT2D eigenvalue weighted by Crippen LogP contribution is -2.58. The van der Waals surface area contributed by atoms with Crippen molar-refractivity contribution in [3.05, 3.63) is 30.0 Å². The first kappa shape index (κ1) is 12.3. The number of carbonyl (C=O) groups is 3. The normalized spacial score (nSPS) is 19.2. The van der Waals surface area contributed by atoms with Crippen molar-refractivity contribution in [3.8, 4) is 0 Å². The number of aromatic nitrogens is 2. The largest absolute Gasteiger partial charge is 0.316 e. The number of amides is 3. The highest BCUT2D eigenvalue weighted by molar-refractivity contribution is 6.10. The van der Waals surface area contributed by atoms with E-state index < -0.39 is 23.8 Å². The molecule has 1 saturated heterocycles. The van der Waals surface area contributed by atoms with E-state index in [0.29, 0.717) is 5.39 Å². The Bertz CT molecular complexity index is 721. The maximum absolute atomic E-state index is 12.5. The highest BCUT2D eigenvalue weighted by Gasteiger charge is 2.35. The molecule has 1 aliphatic rings. The number of nitrogens with zero attached hydrogens (tertiary/aromatic N) is 2. The number of rotatable bonds is 1. The van der Waals surface area contributed by atoms with Crippen LogP contribution in [0.4, 0.5) is 0 Å². The van der Waals surface area contributed by atoms with Crippen molar-refractivity contribution in [2.45, 2.75) is 13.0 Å². The average Bonchev–Trinajstić information content (AvgIpc) is 2.86. The third-order valence-electron chi connectivity index (χ3n) is 3.36. The molecule has 0 aliphatic carbocycles. The lowest BCUT2D eigenvalue weighted by molar-refractivity contribution is -0.138. The Morgan fingerprint density at radius 2 is 2.10 bits per heavy atom. The van der Waals surface area contributed by atoms with Crippen molar-refractivity contribution in [3.63, 3.8) is 0 Å². The van der Waals surface area contributed by atoms with Gasteiger partial charge in [-0.25, -0.2) is 0 Å². The Labute approximate surface area is 113 Å². The maximum Gasteiger partial charge on any atom is 0.276 e. The van der Waals surface area contributed by atoms with Crippen LogP contribution in [0.2, 0.25) is 0 Å². The summed E-state index contributed by atoms with van der Waals surface area (Å²) in [6.07, 6.45) is 0. The Morgan fingerprint density at radius 1 is 1.35 bits per heavy atom. The molecule has 0 spiro atoms. The fourth-order valence-electron chi connectivity index (χ4n) is 2.22. The number of para-hydroxylation sites is 1. The summed E-state index contributed by atoms with van der Waals surface area (Å²) in [4.78, 5) is 36.7. The third kappa shape index (κ3) is 1.83. The van der Waals surface area contributed by atoms with E-state index in [0.717, 1.165) is 5.52 Å². The van der Waals surface area contributed by atoms with Crippen molar-refractivity contribution in [1.29, 1.82) is 0 Å². The third-order valence-corrected chi connectivity index (χ3v) is 3.36. The van der Waals surface area contributed by atoms with Crippen LogP contribution in [0.15, 0.2) is 24.3 Å². The summed E-state index contributed by atoms with van der Waals surface area (Å²) in [6.45, 7) is 1.43. The molecule has 102 valence electrons. The van der Waals surface area contributed by atoms with Gasteiger partial charge in [-0.15, -0.1) is 0 Å². The molecule has 0 saturated carbocycles. The highest BCUT2D eigenvalue weighted by atomic mass is 16.2. The van der Waals surface area contributed by atoms with Gasteiger partial charge in [0, 0.05) is 5.39 Å². The van der Waals surface area contributed by atoms with Crippen LogP contribution in [0.25, 0.3) is 10.9 Å². The van der Waals surface area contributed by atoms with Crippen molar-refractivity contribution in [2.75, 3.05) is 6.54 Å². The van der Waals surface area contributed by atoms with Crippen LogP contribution in [0.3, 0.4) is 0 Å². The number of hydrogen-bond acceptors (Lipinski definition) is 4. The van der Waals surface area contributed by atoms with Gasteiger partial charge in [0.1, 0.15) is 12.6 Å². The first-order valence-corrected chi connectivity index (χ1v) is 6.15. The van der Waals surface area contributed by atoms with E-state index in [9.17, 15) is 14.4 Å². The van der Waals surface area contributed by atoms with Crippen molar-refractivity contribution < 1.29 is 14.4 Å². The number of imide groups is 1. The Kier molecular flexibility index (Phi) is 2.74.